The molecule has 2 aromatic carbocycles. The number of aromatic carboxylic acids is 1. The van der Waals surface area contributed by atoms with E-state index in [4.69, 9.17) is 5.11 Å². The monoisotopic (exact) mass is 403 g/mol. The van der Waals surface area contributed by atoms with Crippen LogP contribution in [0.1, 0.15) is 27.3 Å². The summed E-state index contributed by atoms with van der Waals surface area (Å²) in [6.45, 7) is 3.58. The molecule has 0 atom stereocenters. The van der Waals surface area contributed by atoms with Crippen LogP contribution in [0.5, 0.6) is 0 Å². The highest BCUT2D eigenvalue weighted by Crippen LogP contribution is 2.24. The van der Waals surface area contributed by atoms with Crippen molar-refractivity contribution < 1.29 is 19.1 Å². The Morgan fingerprint density at radius 1 is 1.13 bits per heavy atom. The summed E-state index contributed by atoms with van der Waals surface area (Å²) in [6.07, 6.45) is 1.43. The fourth-order valence-electron chi connectivity index (χ4n) is 3.17. The Labute approximate surface area is 172 Å². The zero-order valence-electron chi connectivity index (χ0n) is 16.3. The lowest BCUT2D eigenvalue weighted by Crippen LogP contribution is -2.14. The number of carbonyl (C=O) groups excluding carboxylic acids is 1. The van der Waals surface area contributed by atoms with E-state index < -0.39 is 11.9 Å². The van der Waals surface area contributed by atoms with Gasteiger partial charge < -0.3 is 15.0 Å². The topological polar surface area (TPSA) is 95.1 Å². The average Bonchev–Trinajstić information content (AvgIpc) is 2.99. The molecule has 1 amide bonds. The number of amides is 1. The van der Waals surface area contributed by atoms with Gasteiger partial charge in [-0.15, -0.1) is 0 Å². The highest BCUT2D eigenvalue weighted by Gasteiger charge is 2.16. The summed E-state index contributed by atoms with van der Waals surface area (Å²) in [5, 5.41) is 21.1. The highest BCUT2D eigenvalue weighted by molar-refractivity contribution is 6.10. The Balaban J connectivity index is 1.93. The van der Waals surface area contributed by atoms with Gasteiger partial charge in [0.2, 0.25) is 0 Å². The van der Waals surface area contributed by atoms with E-state index in [0.29, 0.717) is 16.9 Å². The van der Waals surface area contributed by atoms with E-state index in [1.807, 2.05) is 6.07 Å². The van der Waals surface area contributed by atoms with Crippen molar-refractivity contribution in [1.82, 2.24) is 4.57 Å². The van der Waals surface area contributed by atoms with Crippen LogP contribution in [0.3, 0.4) is 0 Å². The van der Waals surface area contributed by atoms with E-state index in [1.165, 1.54) is 36.4 Å². The van der Waals surface area contributed by atoms with Gasteiger partial charge in [-0.3, -0.25) is 4.79 Å². The number of nitrogens with one attached hydrogen (secondary N) is 1. The Bertz CT molecular complexity index is 1220. The molecule has 7 heteroatoms. The Hall–Kier alpha value is -4.18. The molecule has 0 saturated heterocycles. The van der Waals surface area contributed by atoms with Crippen LogP contribution in [0, 0.1) is 31.0 Å². The number of carboxylic acids is 1. The molecule has 1 aromatic heterocycles. The van der Waals surface area contributed by atoms with Crippen LogP contribution in [-0.4, -0.2) is 21.6 Å². The molecule has 30 heavy (non-hydrogen) atoms. The van der Waals surface area contributed by atoms with E-state index in [9.17, 15) is 19.2 Å². The third kappa shape index (κ3) is 4.13. The average molecular weight is 403 g/mol. The molecule has 0 spiro atoms. The fourth-order valence-corrected chi connectivity index (χ4v) is 3.17. The van der Waals surface area contributed by atoms with E-state index in [1.54, 1.807) is 42.7 Å². The molecule has 150 valence electrons. The number of benzene rings is 2. The number of aryl methyl sites for hydroxylation is 1. The molecule has 0 bridgehead atoms. The third-order valence-electron chi connectivity index (χ3n) is 4.60. The van der Waals surface area contributed by atoms with Crippen molar-refractivity contribution in [2.24, 2.45) is 0 Å². The SMILES string of the molecule is Cc1cc(C=C(C#N)C(=O)Nc2cccc(C(=O)O)c2)c(C)n1-c1ccccc1F. The van der Waals surface area contributed by atoms with Crippen LogP contribution in [0.15, 0.2) is 60.2 Å². The molecule has 0 fully saturated rings. The summed E-state index contributed by atoms with van der Waals surface area (Å²) in [6, 6.07) is 15.7. The van der Waals surface area contributed by atoms with Crippen molar-refractivity contribution >= 4 is 23.6 Å². The summed E-state index contributed by atoms with van der Waals surface area (Å²) < 4.78 is 16.0. The zero-order valence-corrected chi connectivity index (χ0v) is 16.3. The van der Waals surface area contributed by atoms with Gasteiger partial charge in [0.15, 0.2) is 0 Å². The second-order valence-electron chi connectivity index (χ2n) is 6.62. The van der Waals surface area contributed by atoms with Crippen LogP contribution >= 0.6 is 0 Å². The van der Waals surface area contributed by atoms with E-state index in [-0.39, 0.29) is 22.6 Å². The lowest BCUT2D eigenvalue weighted by atomic mass is 10.1. The lowest BCUT2D eigenvalue weighted by Gasteiger charge is -2.10. The Morgan fingerprint density at radius 3 is 2.53 bits per heavy atom. The van der Waals surface area contributed by atoms with Crippen LogP contribution in [0.25, 0.3) is 11.8 Å². The molecule has 3 rings (SSSR count). The molecule has 0 radical (unpaired) electrons. The number of carbonyl (C=O) groups is 2. The predicted octanol–water partition coefficient (Wildman–Crippen LogP) is 4.48. The molecule has 0 aliphatic heterocycles. The Kier molecular flexibility index (Phi) is 5.79. The minimum atomic E-state index is -1.12. The normalized spacial score (nSPS) is 11.1. The molecular weight excluding hydrogens is 385 g/mol. The smallest absolute Gasteiger partial charge is 0.335 e. The van der Waals surface area contributed by atoms with Crippen molar-refractivity contribution in [3.05, 3.63) is 88.5 Å². The second-order valence-corrected chi connectivity index (χ2v) is 6.62. The number of nitriles is 1. The van der Waals surface area contributed by atoms with E-state index in [2.05, 4.69) is 5.32 Å². The summed E-state index contributed by atoms with van der Waals surface area (Å²) in [5.41, 5.74) is 2.51. The van der Waals surface area contributed by atoms with Crippen LogP contribution in [0.4, 0.5) is 10.1 Å². The summed E-state index contributed by atoms with van der Waals surface area (Å²) in [5.74, 6) is -2.18. The zero-order chi connectivity index (χ0) is 21.8. The first kappa shape index (κ1) is 20.6. The van der Waals surface area contributed by atoms with Gasteiger partial charge >= 0.3 is 5.97 Å². The van der Waals surface area contributed by atoms with Gasteiger partial charge in [0.25, 0.3) is 5.91 Å². The number of aromatic nitrogens is 1. The van der Waals surface area contributed by atoms with Crippen molar-refractivity contribution in [3.8, 4) is 11.8 Å². The number of para-hydroxylation sites is 1. The molecule has 6 nitrogen and oxygen atoms in total. The molecule has 0 aliphatic carbocycles. The van der Waals surface area contributed by atoms with E-state index >= 15 is 0 Å². The van der Waals surface area contributed by atoms with Crippen molar-refractivity contribution in [3.63, 3.8) is 0 Å². The van der Waals surface area contributed by atoms with Gasteiger partial charge in [-0.05, 0) is 61.9 Å². The maximum absolute atomic E-state index is 14.2. The van der Waals surface area contributed by atoms with Gasteiger partial charge in [0.05, 0.1) is 11.3 Å². The number of hydrogen-bond donors (Lipinski definition) is 2. The second kappa shape index (κ2) is 8.45. The standard InChI is InChI=1S/C23H18FN3O3/c1-14-10-17(15(2)27(14)21-9-4-3-8-20(21)24)11-18(13-25)22(28)26-19-7-5-6-16(12-19)23(29)30/h3-12H,1-2H3,(H,26,28)(H,29,30). The van der Waals surface area contributed by atoms with Crippen molar-refractivity contribution in [1.29, 1.82) is 5.26 Å². The molecule has 3 aromatic rings. The van der Waals surface area contributed by atoms with Gasteiger partial charge in [-0.25, -0.2) is 9.18 Å². The molecule has 0 unspecified atom stereocenters. The summed E-state index contributed by atoms with van der Waals surface area (Å²) in [7, 11) is 0. The van der Waals surface area contributed by atoms with Crippen LogP contribution in [0.2, 0.25) is 0 Å². The minimum absolute atomic E-state index is 0.0173. The molecule has 2 N–H and O–H groups in total. The third-order valence-corrected chi connectivity index (χ3v) is 4.60. The van der Waals surface area contributed by atoms with Crippen LogP contribution < -0.4 is 5.32 Å². The highest BCUT2D eigenvalue weighted by atomic mass is 19.1. The largest absolute Gasteiger partial charge is 0.478 e. The van der Waals surface area contributed by atoms with Crippen molar-refractivity contribution in [2.45, 2.75) is 13.8 Å². The van der Waals surface area contributed by atoms with Gasteiger partial charge in [-0.2, -0.15) is 5.26 Å². The minimum Gasteiger partial charge on any atom is -0.478 e. The van der Waals surface area contributed by atoms with Crippen molar-refractivity contribution in [2.75, 3.05) is 5.32 Å². The number of anilines is 1. The molecule has 0 aliphatic rings. The van der Waals surface area contributed by atoms with Crippen LogP contribution in [-0.2, 0) is 4.79 Å². The fraction of sp³-hybridized carbons (Fsp3) is 0.0870. The summed E-state index contributed by atoms with van der Waals surface area (Å²) in [4.78, 5) is 23.6. The number of halogens is 1. The van der Waals surface area contributed by atoms with E-state index in [0.717, 1.165) is 5.69 Å². The molecule has 0 saturated carbocycles. The van der Waals surface area contributed by atoms with Gasteiger partial charge in [0.1, 0.15) is 17.5 Å². The molecular formula is C23H18FN3O3. The number of hydrogen-bond acceptors (Lipinski definition) is 3. The predicted molar refractivity (Wildman–Crippen MR) is 111 cm³/mol. The Morgan fingerprint density at radius 2 is 1.87 bits per heavy atom. The number of rotatable bonds is 5. The summed E-state index contributed by atoms with van der Waals surface area (Å²) >= 11 is 0. The quantitative estimate of drug-likeness (QED) is 0.485. The first-order valence-electron chi connectivity index (χ1n) is 9.02. The first-order chi connectivity index (χ1) is 14.3. The van der Waals surface area contributed by atoms with Gasteiger partial charge in [-0.1, -0.05) is 18.2 Å². The lowest BCUT2D eigenvalue weighted by molar-refractivity contribution is -0.112. The molecule has 1 heterocycles. The first-order valence-corrected chi connectivity index (χ1v) is 9.02. The number of carboxylic acid groups (broad SMARTS) is 1. The van der Waals surface area contributed by atoms with Gasteiger partial charge in [0, 0.05) is 17.1 Å². The number of nitrogens with zero attached hydrogens (tertiary/aromatic N) is 2. The maximum atomic E-state index is 14.2. The maximum Gasteiger partial charge on any atom is 0.335 e.